The Morgan fingerprint density at radius 1 is 1.39 bits per heavy atom. The van der Waals surface area contributed by atoms with Crippen LogP contribution in [0.2, 0.25) is 0 Å². The fraction of sp³-hybridized carbons (Fsp3) is 0.625. The molecule has 0 atom stereocenters. The number of sulfone groups is 1. The fourth-order valence-corrected chi connectivity index (χ4v) is 4.33. The summed E-state index contributed by atoms with van der Waals surface area (Å²) < 4.78 is 23.3. The summed E-state index contributed by atoms with van der Waals surface area (Å²) in [5, 5.41) is 0. The molecular weight excluding hydrogens is 314 g/mol. The van der Waals surface area contributed by atoms with Crippen molar-refractivity contribution in [2.45, 2.75) is 43.9 Å². The van der Waals surface area contributed by atoms with E-state index in [9.17, 15) is 13.2 Å². The number of nitrogens with zero attached hydrogens (tertiary/aromatic N) is 2. The molecule has 2 N–H and O–H groups in total. The predicted molar refractivity (Wildman–Crippen MR) is 87.9 cm³/mol. The molecule has 0 spiro atoms. The molecule has 2 fully saturated rings. The molecule has 0 bridgehead atoms. The van der Waals surface area contributed by atoms with Gasteiger partial charge in [0.15, 0.2) is 9.84 Å². The first kappa shape index (κ1) is 16.4. The Hall–Kier alpha value is -1.47. The van der Waals surface area contributed by atoms with E-state index in [1.165, 1.54) is 0 Å². The minimum Gasteiger partial charge on any atom is -0.336 e. The predicted octanol–water partition coefficient (Wildman–Crippen LogP) is 1.07. The summed E-state index contributed by atoms with van der Waals surface area (Å²) in [7, 11) is -3.16. The number of nitrogens with two attached hydrogens (primary N) is 1. The van der Waals surface area contributed by atoms with E-state index in [0.717, 1.165) is 24.2 Å². The second kappa shape index (κ2) is 5.56. The van der Waals surface area contributed by atoms with Gasteiger partial charge in [0.1, 0.15) is 0 Å². The number of amides is 1. The van der Waals surface area contributed by atoms with Crippen LogP contribution in [-0.2, 0) is 16.4 Å². The van der Waals surface area contributed by atoms with Gasteiger partial charge in [0.25, 0.3) is 5.91 Å². The number of aromatic nitrogens is 1. The number of carbonyl (C=O) groups is 1. The molecule has 23 heavy (non-hydrogen) atoms. The zero-order valence-electron chi connectivity index (χ0n) is 13.6. The first-order chi connectivity index (χ1) is 10.7. The molecule has 0 aromatic carbocycles. The molecule has 1 aromatic rings. The van der Waals surface area contributed by atoms with E-state index < -0.39 is 14.6 Å². The number of rotatable bonds is 3. The highest BCUT2D eigenvalue weighted by Gasteiger charge is 2.42. The first-order valence-electron chi connectivity index (χ1n) is 7.96. The monoisotopic (exact) mass is 337 g/mol. The highest BCUT2D eigenvalue weighted by atomic mass is 32.2. The summed E-state index contributed by atoms with van der Waals surface area (Å²) in [5.41, 5.74) is 7.85. The van der Waals surface area contributed by atoms with E-state index in [2.05, 4.69) is 4.98 Å². The van der Waals surface area contributed by atoms with E-state index in [-0.39, 0.29) is 24.7 Å². The number of hydrogen-bond donors (Lipinski definition) is 1. The molecular formula is C16H23N3O3S. The Morgan fingerprint density at radius 3 is 2.65 bits per heavy atom. The van der Waals surface area contributed by atoms with Gasteiger partial charge < -0.3 is 10.6 Å². The molecule has 1 amide bonds. The van der Waals surface area contributed by atoms with E-state index in [0.29, 0.717) is 18.0 Å². The number of hydrogen-bond acceptors (Lipinski definition) is 5. The van der Waals surface area contributed by atoms with Crippen LogP contribution in [-0.4, -0.2) is 47.8 Å². The van der Waals surface area contributed by atoms with Gasteiger partial charge in [0, 0.05) is 25.6 Å². The topological polar surface area (TPSA) is 93.4 Å². The summed E-state index contributed by atoms with van der Waals surface area (Å²) >= 11 is 0. The van der Waals surface area contributed by atoms with Gasteiger partial charge in [-0.05, 0) is 38.8 Å². The van der Waals surface area contributed by atoms with Crippen molar-refractivity contribution in [3.8, 4) is 0 Å². The van der Waals surface area contributed by atoms with Gasteiger partial charge in [-0.2, -0.15) is 0 Å². The van der Waals surface area contributed by atoms with Crippen molar-refractivity contribution in [2.75, 3.05) is 18.8 Å². The highest BCUT2D eigenvalue weighted by molar-refractivity contribution is 7.92. The number of pyridine rings is 1. The Labute approximate surface area is 137 Å². The van der Waals surface area contributed by atoms with Crippen molar-refractivity contribution in [2.24, 2.45) is 5.73 Å². The zero-order valence-corrected chi connectivity index (χ0v) is 14.4. The smallest absolute Gasteiger partial charge is 0.255 e. The Bertz CT molecular complexity index is 739. The van der Waals surface area contributed by atoms with Crippen molar-refractivity contribution in [1.29, 1.82) is 0 Å². The average molecular weight is 337 g/mol. The first-order valence-corrected chi connectivity index (χ1v) is 9.62. The largest absolute Gasteiger partial charge is 0.336 e. The van der Waals surface area contributed by atoms with E-state index in [4.69, 9.17) is 5.73 Å². The van der Waals surface area contributed by atoms with Crippen molar-refractivity contribution >= 4 is 15.7 Å². The lowest BCUT2D eigenvalue weighted by Crippen LogP contribution is -2.54. The van der Waals surface area contributed by atoms with Gasteiger partial charge in [0.2, 0.25) is 0 Å². The van der Waals surface area contributed by atoms with Crippen LogP contribution in [0.4, 0.5) is 0 Å². The van der Waals surface area contributed by atoms with Crippen LogP contribution in [0, 0.1) is 0 Å². The van der Waals surface area contributed by atoms with Gasteiger partial charge in [-0.25, -0.2) is 8.42 Å². The maximum atomic E-state index is 12.9. The lowest BCUT2D eigenvalue weighted by Gasteiger charge is -2.37. The lowest BCUT2D eigenvalue weighted by molar-refractivity contribution is 0.0742. The quantitative estimate of drug-likeness (QED) is 0.890. The maximum Gasteiger partial charge on any atom is 0.255 e. The molecule has 0 unspecified atom stereocenters. The van der Waals surface area contributed by atoms with Crippen molar-refractivity contribution in [1.82, 2.24) is 9.88 Å². The van der Waals surface area contributed by atoms with Crippen molar-refractivity contribution in [3.63, 3.8) is 0 Å². The summed E-state index contributed by atoms with van der Waals surface area (Å²) in [6.45, 7) is 4.17. The van der Waals surface area contributed by atoms with Crippen LogP contribution >= 0.6 is 0 Å². The third-order valence-corrected chi connectivity index (χ3v) is 7.25. The van der Waals surface area contributed by atoms with Crippen molar-refractivity contribution in [3.05, 3.63) is 29.1 Å². The molecule has 1 aromatic heterocycles. The fourth-order valence-electron chi connectivity index (χ4n) is 2.97. The minimum absolute atomic E-state index is 0.0127. The van der Waals surface area contributed by atoms with E-state index >= 15 is 0 Å². The molecule has 2 aliphatic rings. The second-order valence-corrected chi connectivity index (χ2v) is 9.76. The normalized spacial score (nSPS) is 22.8. The summed E-state index contributed by atoms with van der Waals surface area (Å²) in [5.74, 6) is 0.228. The SMILES string of the molecule is CC1(C)CN(C(=O)c2ccc(CN)nc2C2CC2)CCS1(=O)=O. The molecule has 3 rings (SSSR count). The summed E-state index contributed by atoms with van der Waals surface area (Å²) in [4.78, 5) is 19.1. The molecule has 126 valence electrons. The van der Waals surface area contributed by atoms with Gasteiger partial charge >= 0.3 is 0 Å². The number of carbonyl (C=O) groups excluding carboxylic acids is 1. The van der Waals surface area contributed by atoms with E-state index in [1.807, 2.05) is 0 Å². The molecule has 1 saturated carbocycles. The second-order valence-electron chi connectivity index (χ2n) is 7.02. The summed E-state index contributed by atoms with van der Waals surface area (Å²) in [6.07, 6.45) is 2.09. The van der Waals surface area contributed by atoms with Crippen molar-refractivity contribution < 1.29 is 13.2 Å². The average Bonchev–Trinajstić information content (AvgIpc) is 3.33. The van der Waals surface area contributed by atoms with Crippen LogP contribution in [0.5, 0.6) is 0 Å². The van der Waals surface area contributed by atoms with Crippen LogP contribution < -0.4 is 5.73 Å². The third-order valence-electron chi connectivity index (χ3n) is 4.72. The lowest BCUT2D eigenvalue weighted by atomic mass is 10.1. The van der Waals surface area contributed by atoms with E-state index in [1.54, 1.807) is 30.9 Å². The zero-order chi connectivity index (χ0) is 16.8. The highest BCUT2D eigenvalue weighted by Crippen LogP contribution is 2.41. The molecule has 7 heteroatoms. The summed E-state index contributed by atoms with van der Waals surface area (Å²) in [6, 6.07) is 3.58. The molecule has 6 nitrogen and oxygen atoms in total. The standard InChI is InChI=1S/C16H23N3O3S/c1-16(2)10-19(7-8-23(16,21)22)15(20)13-6-5-12(9-17)18-14(13)11-3-4-11/h5-6,11H,3-4,7-10,17H2,1-2H3. The minimum atomic E-state index is -3.16. The van der Waals surface area contributed by atoms with Crippen LogP contribution in [0.25, 0.3) is 0 Å². The van der Waals surface area contributed by atoms with Gasteiger partial charge in [0.05, 0.1) is 27.5 Å². The molecule has 1 aliphatic carbocycles. The molecule has 0 radical (unpaired) electrons. The Morgan fingerprint density at radius 2 is 2.09 bits per heavy atom. The maximum absolute atomic E-state index is 12.9. The van der Waals surface area contributed by atoms with Crippen LogP contribution in [0.15, 0.2) is 12.1 Å². The molecule has 2 heterocycles. The van der Waals surface area contributed by atoms with Crippen LogP contribution in [0.3, 0.4) is 0 Å². The Balaban J connectivity index is 1.89. The molecule has 1 aliphatic heterocycles. The molecule has 1 saturated heterocycles. The third kappa shape index (κ3) is 2.99. The van der Waals surface area contributed by atoms with Gasteiger partial charge in [-0.15, -0.1) is 0 Å². The van der Waals surface area contributed by atoms with Gasteiger partial charge in [-0.3, -0.25) is 9.78 Å². The Kier molecular flexibility index (Phi) is 3.96. The van der Waals surface area contributed by atoms with Gasteiger partial charge in [-0.1, -0.05) is 0 Å². The van der Waals surface area contributed by atoms with Crippen LogP contribution in [0.1, 0.15) is 54.4 Å².